The van der Waals surface area contributed by atoms with Gasteiger partial charge in [0.15, 0.2) is 0 Å². The molecular weight excluding hydrogens is 262 g/mol. The van der Waals surface area contributed by atoms with Gasteiger partial charge in [0, 0.05) is 6.92 Å². The Morgan fingerprint density at radius 1 is 1.21 bits per heavy atom. The quantitative estimate of drug-likeness (QED) is 0.795. The van der Waals surface area contributed by atoms with Gasteiger partial charge in [-0.2, -0.15) is 0 Å². The molecule has 3 nitrogen and oxygen atoms in total. The number of carbonyl (C=O) groups is 1. The lowest BCUT2D eigenvalue weighted by Crippen LogP contribution is -2.36. The van der Waals surface area contributed by atoms with Crippen LogP contribution in [-0.4, -0.2) is 30.6 Å². The standard InChI is InChI=1S/C15H21NO2.ClH/c1-13(17)18-12-15(14-8-4-2-5-9-14)16-10-6-3-7-11-16;/h2,4-5,8-9,15H,3,6-7,10-12H2,1H3;1H. The van der Waals surface area contributed by atoms with Crippen LogP contribution >= 0.6 is 12.4 Å². The van der Waals surface area contributed by atoms with Crippen molar-refractivity contribution in [1.29, 1.82) is 0 Å². The SMILES string of the molecule is CC(=O)OCC(c1ccccc1)N1CCCCC1.Cl. The summed E-state index contributed by atoms with van der Waals surface area (Å²) in [6.45, 7) is 4.12. The highest BCUT2D eigenvalue weighted by molar-refractivity contribution is 5.85. The van der Waals surface area contributed by atoms with Gasteiger partial charge in [-0.25, -0.2) is 0 Å². The lowest BCUT2D eigenvalue weighted by Gasteiger charge is -2.34. The number of esters is 1. The number of piperidine rings is 1. The number of ether oxygens (including phenoxy) is 1. The van der Waals surface area contributed by atoms with Crippen LogP contribution in [0.5, 0.6) is 0 Å². The number of rotatable bonds is 4. The first kappa shape index (κ1) is 16.0. The van der Waals surface area contributed by atoms with E-state index in [2.05, 4.69) is 17.0 Å². The van der Waals surface area contributed by atoms with E-state index in [-0.39, 0.29) is 24.4 Å². The van der Waals surface area contributed by atoms with Crippen molar-refractivity contribution in [3.05, 3.63) is 35.9 Å². The van der Waals surface area contributed by atoms with Crippen molar-refractivity contribution < 1.29 is 9.53 Å². The fraction of sp³-hybridized carbons (Fsp3) is 0.533. The highest BCUT2D eigenvalue weighted by Gasteiger charge is 2.23. The molecule has 0 N–H and O–H groups in total. The van der Waals surface area contributed by atoms with Gasteiger partial charge >= 0.3 is 5.97 Å². The number of likely N-dealkylation sites (tertiary alicyclic amines) is 1. The molecule has 0 saturated carbocycles. The highest BCUT2D eigenvalue weighted by atomic mass is 35.5. The number of hydrogen-bond donors (Lipinski definition) is 0. The number of carbonyl (C=O) groups excluding carboxylic acids is 1. The maximum absolute atomic E-state index is 11.0. The van der Waals surface area contributed by atoms with Crippen molar-refractivity contribution >= 4 is 18.4 Å². The minimum atomic E-state index is -0.201. The van der Waals surface area contributed by atoms with Gasteiger partial charge in [-0.05, 0) is 31.5 Å². The predicted molar refractivity (Wildman–Crippen MR) is 78.5 cm³/mol. The zero-order valence-electron chi connectivity index (χ0n) is 11.4. The van der Waals surface area contributed by atoms with Crippen molar-refractivity contribution in [2.24, 2.45) is 0 Å². The van der Waals surface area contributed by atoms with Crippen LogP contribution in [0.25, 0.3) is 0 Å². The molecule has 0 aliphatic carbocycles. The van der Waals surface area contributed by atoms with Gasteiger partial charge < -0.3 is 4.74 Å². The molecule has 4 heteroatoms. The summed E-state index contributed by atoms with van der Waals surface area (Å²) < 4.78 is 5.23. The van der Waals surface area contributed by atoms with Gasteiger partial charge in [0.25, 0.3) is 0 Å². The van der Waals surface area contributed by atoms with Crippen molar-refractivity contribution in [1.82, 2.24) is 4.90 Å². The maximum Gasteiger partial charge on any atom is 0.302 e. The third kappa shape index (κ3) is 4.84. The third-order valence-corrected chi connectivity index (χ3v) is 3.46. The highest BCUT2D eigenvalue weighted by Crippen LogP contribution is 2.24. The molecule has 2 rings (SSSR count). The molecule has 0 amide bonds. The zero-order valence-corrected chi connectivity index (χ0v) is 12.2. The minimum Gasteiger partial charge on any atom is -0.464 e. The molecule has 1 aliphatic rings. The van der Waals surface area contributed by atoms with Crippen LogP contribution in [0.4, 0.5) is 0 Å². The van der Waals surface area contributed by atoms with Crippen LogP contribution in [0, 0.1) is 0 Å². The van der Waals surface area contributed by atoms with Crippen LogP contribution in [0.15, 0.2) is 30.3 Å². The fourth-order valence-corrected chi connectivity index (χ4v) is 2.51. The fourth-order valence-electron chi connectivity index (χ4n) is 2.51. The molecule has 1 aromatic carbocycles. The molecule has 1 unspecified atom stereocenters. The topological polar surface area (TPSA) is 29.5 Å². The van der Waals surface area contributed by atoms with Crippen molar-refractivity contribution in [2.45, 2.75) is 32.2 Å². The molecule has 1 aromatic rings. The Balaban J connectivity index is 0.00000180. The lowest BCUT2D eigenvalue weighted by molar-refractivity contribution is -0.143. The molecule has 1 saturated heterocycles. The molecule has 1 atom stereocenters. The van der Waals surface area contributed by atoms with Crippen molar-refractivity contribution in [2.75, 3.05) is 19.7 Å². The van der Waals surface area contributed by atoms with Gasteiger partial charge in [0.1, 0.15) is 6.61 Å². The molecule has 0 aromatic heterocycles. The van der Waals surface area contributed by atoms with Gasteiger partial charge in [-0.15, -0.1) is 12.4 Å². The van der Waals surface area contributed by atoms with E-state index in [1.807, 2.05) is 18.2 Å². The van der Waals surface area contributed by atoms with Crippen LogP contribution in [0.1, 0.15) is 37.8 Å². The van der Waals surface area contributed by atoms with E-state index in [0.29, 0.717) is 6.61 Å². The summed E-state index contributed by atoms with van der Waals surface area (Å²) in [7, 11) is 0. The van der Waals surface area contributed by atoms with Crippen LogP contribution in [0.2, 0.25) is 0 Å². The molecular formula is C15H22ClNO2. The lowest BCUT2D eigenvalue weighted by atomic mass is 10.0. The Labute approximate surface area is 121 Å². The first-order valence-corrected chi connectivity index (χ1v) is 6.70. The minimum absolute atomic E-state index is 0. The summed E-state index contributed by atoms with van der Waals surface area (Å²) in [5, 5.41) is 0. The Kier molecular flexibility index (Phi) is 6.89. The van der Waals surface area contributed by atoms with Crippen LogP contribution < -0.4 is 0 Å². The van der Waals surface area contributed by atoms with E-state index in [1.165, 1.54) is 31.7 Å². The van der Waals surface area contributed by atoms with Crippen molar-refractivity contribution in [3.63, 3.8) is 0 Å². The summed E-state index contributed by atoms with van der Waals surface area (Å²) in [4.78, 5) is 13.5. The van der Waals surface area contributed by atoms with E-state index in [1.54, 1.807) is 0 Å². The summed E-state index contributed by atoms with van der Waals surface area (Å²) in [6.07, 6.45) is 3.79. The first-order valence-electron chi connectivity index (χ1n) is 6.70. The molecule has 0 spiro atoms. The third-order valence-electron chi connectivity index (χ3n) is 3.46. The summed E-state index contributed by atoms with van der Waals surface area (Å²) in [5.41, 5.74) is 1.24. The van der Waals surface area contributed by atoms with Gasteiger partial charge in [0.05, 0.1) is 6.04 Å². The number of halogens is 1. The summed E-state index contributed by atoms with van der Waals surface area (Å²) >= 11 is 0. The normalized spacial score (nSPS) is 17.3. The number of nitrogens with zero attached hydrogens (tertiary/aromatic N) is 1. The Morgan fingerprint density at radius 2 is 1.84 bits per heavy atom. The molecule has 19 heavy (non-hydrogen) atoms. The van der Waals surface area contributed by atoms with E-state index < -0.39 is 0 Å². The predicted octanol–water partition coefficient (Wildman–Crippen LogP) is 3.20. The summed E-state index contributed by atoms with van der Waals surface area (Å²) in [6, 6.07) is 10.5. The Hall–Kier alpha value is -1.06. The Morgan fingerprint density at radius 3 is 2.42 bits per heavy atom. The Bertz CT molecular complexity index is 377. The van der Waals surface area contributed by atoms with Crippen molar-refractivity contribution in [3.8, 4) is 0 Å². The van der Waals surface area contributed by atoms with E-state index >= 15 is 0 Å². The van der Waals surface area contributed by atoms with Gasteiger partial charge in [-0.1, -0.05) is 36.8 Å². The second kappa shape index (κ2) is 8.18. The summed E-state index contributed by atoms with van der Waals surface area (Å²) in [5.74, 6) is -0.201. The van der Waals surface area contributed by atoms with Gasteiger partial charge in [0.2, 0.25) is 0 Å². The number of hydrogen-bond acceptors (Lipinski definition) is 3. The average Bonchev–Trinajstić information content (AvgIpc) is 2.41. The molecule has 1 fully saturated rings. The molecule has 1 aliphatic heterocycles. The maximum atomic E-state index is 11.0. The molecule has 0 radical (unpaired) electrons. The molecule has 0 bridgehead atoms. The first-order chi connectivity index (χ1) is 8.77. The number of benzene rings is 1. The van der Waals surface area contributed by atoms with E-state index in [4.69, 9.17) is 4.74 Å². The second-order valence-electron chi connectivity index (χ2n) is 4.83. The largest absolute Gasteiger partial charge is 0.464 e. The zero-order chi connectivity index (χ0) is 12.8. The smallest absolute Gasteiger partial charge is 0.302 e. The molecule has 1 heterocycles. The van der Waals surface area contributed by atoms with Gasteiger partial charge in [-0.3, -0.25) is 9.69 Å². The average molecular weight is 284 g/mol. The molecule has 106 valence electrons. The monoisotopic (exact) mass is 283 g/mol. The van der Waals surface area contributed by atoms with E-state index in [0.717, 1.165) is 13.1 Å². The van der Waals surface area contributed by atoms with Crippen LogP contribution in [-0.2, 0) is 9.53 Å². The van der Waals surface area contributed by atoms with Crippen LogP contribution in [0.3, 0.4) is 0 Å². The van der Waals surface area contributed by atoms with E-state index in [9.17, 15) is 4.79 Å². The second-order valence-corrected chi connectivity index (χ2v) is 4.83.